The second-order valence-electron chi connectivity index (χ2n) is 2.89. The minimum Gasteiger partial charge on any atom is -0.368 e. The van der Waals surface area contributed by atoms with Crippen molar-refractivity contribution in [3.05, 3.63) is 0 Å². The highest BCUT2D eigenvalue weighted by Crippen LogP contribution is 2.01. The molecule has 0 aliphatic carbocycles. The molecular weight excluding hydrogens is 174 g/mol. The highest BCUT2D eigenvalue weighted by Gasteiger charge is 2.31. The first-order valence-electron chi connectivity index (χ1n) is 3.88. The minimum absolute atomic E-state index is 0.0696. The molecule has 0 saturated carbocycles. The molecule has 0 bridgehead atoms. The molecule has 1 heterocycles. The number of hydrogen-bond acceptors (Lipinski definition) is 4. The van der Waals surface area contributed by atoms with E-state index in [4.69, 9.17) is 5.73 Å². The Balaban J connectivity index is 2.72. The van der Waals surface area contributed by atoms with Crippen LogP contribution in [0.1, 0.15) is 6.92 Å². The van der Waals surface area contributed by atoms with E-state index >= 15 is 0 Å². The van der Waals surface area contributed by atoms with Crippen LogP contribution in [0.2, 0.25) is 0 Å². The number of carbonyl (C=O) groups excluding carboxylic acids is 3. The van der Waals surface area contributed by atoms with Crippen LogP contribution in [0.4, 0.5) is 0 Å². The van der Waals surface area contributed by atoms with E-state index in [9.17, 15) is 14.4 Å². The molecule has 6 nitrogen and oxygen atoms in total. The van der Waals surface area contributed by atoms with E-state index in [1.54, 1.807) is 6.92 Å². The van der Waals surface area contributed by atoms with E-state index in [0.717, 1.165) is 4.90 Å². The summed E-state index contributed by atoms with van der Waals surface area (Å²) < 4.78 is 0. The number of carbonyl (C=O) groups is 3. The summed E-state index contributed by atoms with van der Waals surface area (Å²) in [5.74, 6) is -1.51. The molecule has 6 heteroatoms. The molecule has 1 saturated heterocycles. The second kappa shape index (κ2) is 3.53. The summed E-state index contributed by atoms with van der Waals surface area (Å²) in [6, 6.07) is -0.433. The van der Waals surface area contributed by atoms with Gasteiger partial charge in [-0.3, -0.25) is 24.6 Å². The van der Waals surface area contributed by atoms with Gasteiger partial charge in [0.15, 0.2) is 0 Å². The largest absolute Gasteiger partial charge is 0.368 e. The zero-order valence-corrected chi connectivity index (χ0v) is 7.24. The van der Waals surface area contributed by atoms with Gasteiger partial charge in [0.25, 0.3) is 0 Å². The van der Waals surface area contributed by atoms with E-state index in [1.807, 2.05) is 0 Å². The SMILES string of the molecule is CC1NCC(=O)N(CC(N)=O)C1=O. The monoisotopic (exact) mass is 185 g/mol. The molecule has 1 fully saturated rings. The van der Waals surface area contributed by atoms with E-state index < -0.39 is 23.8 Å². The second-order valence-corrected chi connectivity index (χ2v) is 2.89. The van der Waals surface area contributed by atoms with Crippen molar-refractivity contribution < 1.29 is 14.4 Å². The van der Waals surface area contributed by atoms with Crippen LogP contribution in [0, 0.1) is 0 Å². The third kappa shape index (κ3) is 2.03. The molecule has 3 amide bonds. The molecule has 13 heavy (non-hydrogen) atoms. The molecule has 0 aromatic carbocycles. The van der Waals surface area contributed by atoms with Crippen LogP contribution in [-0.2, 0) is 14.4 Å². The Morgan fingerprint density at radius 3 is 2.85 bits per heavy atom. The standard InChI is InChI=1S/C7H11N3O3/c1-4-7(13)10(3-5(8)11)6(12)2-9-4/h4,9H,2-3H2,1H3,(H2,8,11). The number of primary amides is 1. The first-order chi connectivity index (χ1) is 6.02. The fourth-order valence-electron chi connectivity index (χ4n) is 1.10. The molecule has 0 radical (unpaired) electrons. The number of amides is 3. The third-order valence-electron chi connectivity index (χ3n) is 1.81. The molecule has 1 aliphatic rings. The van der Waals surface area contributed by atoms with Gasteiger partial charge in [-0.25, -0.2) is 0 Å². The predicted octanol–water partition coefficient (Wildman–Crippen LogP) is -2.18. The maximum absolute atomic E-state index is 11.3. The van der Waals surface area contributed by atoms with Gasteiger partial charge >= 0.3 is 0 Å². The van der Waals surface area contributed by atoms with Gasteiger partial charge in [-0.1, -0.05) is 0 Å². The van der Waals surface area contributed by atoms with E-state index in [-0.39, 0.29) is 13.1 Å². The van der Waals surface area contributed by atoms with Crippen LogP contribution in [0.5, 0.6) is 0 Å². The number of hydrogen-bond donors (Lipinski definition) is 2. The number of nitrogens with one attached hydrogen (secondary N) is 1. The van der Waals surface area contributed by atoms with Crippen molar-refractivity contribution in [1.82, 2.24) is 10.2 Å². The average molecular weight is 185 g/mol. The summed E-state index contributed by atoms with van der Waals surface area (Å²) in [7, 11) is 0. The van der Waals surface area contributed by atoms with E-state index in [2.05, 4.69) is 5.32 Å². The van der Waals surface area contributed by atoms with Crippen molar-refractivity contribution in [2.45, 2.75) is 13.0 Å². The molecular formula is C7H11N3O3. The van der Waals surface area contributed by atoms with Crippen molar-refractivity contribution >= 4 is 17.7 Å². The molecule has 0 aromatic rings. The van der Waals surface area contributed by atoms with Crippen LogP contribution in [0.3, 0.4) is 0 Å². The molecule has 3 N–H and O–H groups in total. The molecule has 1 aliphatic heterocycles. The first kappa shape index (κ1) is 9.66. The number of rotatable bonds is 2. The summed E-state index contributed by atoms with van der Waals surface area (Å²) in [6.45, 7) is 1.37. The maximum Gasteiger partial charge on any atom is 0.246 e. The molecule has 1 rings (SSSR count). The van der Waals surface area contributed by atoms with Gasteiger partial charge in [0, 0.05) is 0 Å². The van der Waals surface area contributed by atoms with Gasteiger partial charge in [-0.15, -0.1) is 0 Å². The Hall–Kier alpha value is -1.43. The Kier molecular flexibility index (Phi) is 2.62. The lowest BCUT2D eigenvalue weighted by molar-refractivity contribution is -0.151. The molecule has 0 spiro atoms. The lowest BCUT2D eigenvalue weighted by Crippen LogP contribution is -2.58. The third-order valence-corrected chi connectivity index (χ3v) is 1.81. The zero-order chi connectivity index (χ0) is 10.0. The summed E-state index contributed by atoms with van der Waals surface area (Å²) in [5.41, 5.74) is 4.89. The molecule has 72 valence electrons. The van der Waals surface area contributed by atoms with Gasteiger partial charge in [-0.05, 0) is 6.92 Å². The summed E-state index contributed by atoms with van der Waals surface area (Å²) in [6.07, 6.45) is 0. The van der Waals surface area contributed by atoms with Crippen molar-refractivity contribution in [2.75, 3.05) is 13.1 Å². The Bertz CT molecular complexity index is 264. The van der Waals surface area contributed by atoms with E-state index in [1.165, 1.54) is 0 Å². The van der Waals surface area contributed by atoms with E-state index in [0.29, 0.717) is 0 Å². The van der Waals surface area contributed by atoms with Crippen LogP contribution < -0.4 is 11.1 Å². The van der Waals surface area contributed by atoms with Crippen LogP contribution in [-0.4, -0.2) is 41.8 Å². The Labute approximate surface area is 75.1 Å². The Morgan fingerprint density at radius 2 is 2.31 bits per heavy atom. The van der Waals surface area contributed by atoms with Crippen LogP contribution in [0.15, 0.2) is 0 Å². The summed E-state index contributed by atoms with van der Waals surface area (Å²) >= 11 is 0. The maximum atomic E-state index is 11.3. The minimum atomic E-state index is -0.684. The van der Waals surface area contributed by atoms with Gasteiger partial charge in [0.2, 0.25) is 17.7 Å². The fraction of sp³-hybridized carbons (Fsp3) is 0.571. The number of imide groups is 1. The predicted molar refractivity (Wildman–Crippen MR) is 43.4 cm³/mol. The quantitative estimate of drug-likeness (QED) is 0.478. The van der Waals surface area contributed by atoms with Gasteiger partial charge < -0.3 is 5.73 Å². The average Bonchev–Trinajstić information content (AvgIpc) is 2.05. The summed E-state index contributed by atoms with van der Waals surface area (Å²) in [5, 5.41) is 2.69. The smallest absolute Gasteiger partial charge is 0.246 e. The van der Waals surface area contributed by atoms with Gasteiger partial charge in [-0.2, -0.15) is 0 Å². The van der Waals surface area contributed by atoms with Crippen molar-refractivity contribution in [1.29, 1.82) is 0 Å². The van der Waals surface area contributed by atoms with Crippen LogP contribution in [0.25, 0.3) is 0 Å². The molecule has 0 aromatic heterocycles. The highest BCUT2D eigenvalue weighted by atomic mass is 16.2. The Morgan fingerprint density at radius 1 is 1.69 bits per heavy atom. The fourth-order valence-corrected chi connectivity index (χ4v) is 1.10. The summed E-state index contributed by atoms with van der Waals surface area (Å²) in [4.78, 5) is 33.8. The topological polar surface area (TPSA) is 92.5 Å². The first-order valence-corrected chi connectivity index (χ1v) is 3.88. The molecule has 1 unspecified atom stereocenters. The number of piperazine rings is 1. The molecule has 1 atom stereocenters. The number of nitrogens with two attached hydrogens (primary N) is 1. The normalized spacial score (nSPS) is 23.5. The highest BCUT2D eigenvalue weighted by molar-refractivity contribution is 6.03. The zero-order valence-electron chi connectivity index (χ0n) is 7.24. The van der Waals surface area contributed by atoms with Gasteiger partial charge in [0.1, 0.15) is 6.54 Å². The lowest BCUT2D eigenvalue weighted by Gasteiger charge is -2.28. The van der Waals surface area contributed by atoms with Gasteiger partial charge in [0.05, 0.1) is 12.6 Å². The van der Waals surface area contributed by atoms with Crippen molar-refractivity contribution in [2.24, 2.45) is 5.73 Å². The van der Waals surface area contributed by atoms with Crippen molar-refractivity contribution in [3.8, 4) is 0 Å². The number of nitrogens with zero attached hydrogens (tertiary/aromatic N) is 1. The van der Waals surface area contributed by atoms with Crippen LogP contribution >= 0.6 is 0 Å². The van der Waals surface area contributed by atoms with Crippen molar-refractivity contribution in [3.63, 3.8) is 0 Å². The lowest BCUT2D eigenvalue weighted by atomic mass is 10.2.